The van der Waals surface area contributed by atoms with Crippen molar-refractivity contribution in [1.82, 2.24) is 10.2 Å². The van der Waals surface area contributed by atoms with Crippen LogP contribution in [0.3, 0.4) is 0 Å². The molecule has 1 aliphatic rings. The van der Waals surface area contributed by atoms with Crippen LogP contribution in [0.1, 0.15) is 43.7 Å². The fraction of sp³-hybridized carbons (Fsp3) is 0.714. The molecule has 0 saturated carbocycles. The number of nitrogens with one attached hydrogen (secondary N) is 1. The molecule has 0 radical (unpaired) electrons. The molecule has 2 rings (SSSR count). The monoisotopic (exact) mass is 236 g/mol. The van der Waals surface area contributed by atoms with E-state index >= 15 is 0 Å². The summed E-state index contributed by atoms with van der Waals surface area (Å²) >= 11 is 0. The lowest BCUT2D eigenvalue weighted by molar-refractivity contribution is 0.153. The number of nitrogens with zero attached hydrogens (tertiary/aromatic N) is 1. The van der Waals surface area contributed by atoms with Gasteiger partial charge >= 0.3 is 0 Å². The highest BCUT2D eigenvalue weighted by molar-refractivity contribution is 5.09. The summed E-state index contributed by atoms with van der Waals surface area (Å²) < 4.78 is 5.73. The van der Waals surface area contributed by atoms with Crippen molar-refractivity contribution in [2.24, 2.45) is 0 Å². The Morgan fingerprint density at radius 2 is 2.18 bits per heavy atom. The summed E-state index contributed by atoms with van der Waals surface area (Å²) in [7, 11) is 2.22. The quantitative estimate of drug-likeness (QED) is 0.874. The molecule has 2 heterocycles. The molecule has 1 N–H and O–H groups in total. The normalized spacial score (nSPS) is 23.6. The third-order valence-corrected chi connectivity index (χ3v) is 3.91. The molecule has 3 nitrogen and oxygen atoms in total. The predicted molar refractivity (Wildman–Crippen MR) is 70.1 cm³/mol. The van der Waals surface area contributed by atoms with Crippen molar-refractivity contribution in [1.29, 1.82) is 0 Å². The molecule has 0 aromatic carbocycles. The van der Waals surface area contributed by atoms with E-state index in [1.165, 1.54) is 25.8 Å². The first-order chi connectivity index (χ1) is 8.18. The average molecular weight is 236 g/mol. The fourth-order valence-corrected chi connectivity index (χ4v) is 2.60. The van der Waals surface area contributed by atoms with E-state index in [1.807, 2.05) is 13.0 Å². The second-order valence-corrected chi connectivity index (χ2v) is 5.12. The standard InChI is InChI=1S/C14H24N2O/c1-11-6-7-14(17-11)12(2)16(3)13-5-4-9-15-10-8-13/h6-7,12-13,15H,4-5,8-10H2,1-3H3. The van der Waals surface area contributed by atoms with Gasteiger partial charge in [0.25, 0.3) is 0 Å². The van der Waals surface area contributed by atoms with Crippen LogP contribution < -0.4 is 5.32 Å². The van der Waals surface area contributed by atoms with E-state index in [0.29, 0.717) is 12.1 Å². The van der Waals surface area contributed by atoms with Crippen molar-refractivity contribution in [3.8, 4) is 0 Å². The van der Waals surface area contributed by atoms with Gasteiger partial charge in [-0.2, -0.15) is 0 Å². The van der Waals surface area contributed by atoms with E-state index in [9.17, 15) is 0 Å². The molecule has 2 atom stereocenters. The number of hydrogen-bond donors (Lipinski definition) is 1. The second-order valence-electron chi connectivity index (χ2n) is 5.12. The molecule has 1 aromatic rings. The predicted octanol–water partition coefficient (Wildman–Crippen LogP) is 2.72. The highest BCUT2D eigenvalue weighted by atomic mass is 16.3. The van der Waals surface area contributed by atoms with Crippen molar-refractivity contribution >= 4 is 0 Å². The van der Waals surface area contributed by atoms with Crippen LogP contribution in [-0.2, 0) is 0 Å². The molecular formula is C14H24N2O. The average Bonchev–Trinajstić information content (AvgIpc) is 2.60. The zero-order valence-electron chi connectivity index (χ0n) is 11.2. The molecule has 0 aliphatic carbocycles. The maximum atomic E-state index is 5.73. The molecule has 1 aromatic heterocycles. The van der Waals surface area contributed by atoms with Crippen LogP contribution in [0.25, 0.3) is 0 Å². The number of aryl methyl sites for hydroxylation is 1. The molecule has 0 amide bonds. The van der Waals surface area contributed by atoms with Gasteiger partial charge in [0.15, 0.2) is 0 Å². The summed E-state index contributed by atoms with van der Waals surface area (Å²) in [6.45, 7) is 6.54. The van der Waals surface area contributed by atoms with Crippen molar-refractivity contribution < 1.29 is 4.42 Å². The van der Waals surface area contributed by atoms with Crippen LogP contribution in [0.4, 0.5) is 0 Å². The smallest absolute Gasteiger partial charge is 0.121 e. The van der Waals surface area contributed by atoms with Gasteiger partial charge < -0.3 is 9.73 Å². The maximum Gasteiger partial charge on any atom is 0.121 e. The van der Waals surface area contributed by atoms with Crippen molar-refractivity contribution in [3.05, 3.63) is 23.7 Å². The van der Waals surface area contributed by atoms with E-state index in [0.717, 1.165) is 18.1 Å². The van der Waals surface area contributed by atoms with Gasteiger partial charge in [-0.25, -0.2) is 0 Å². The Hall–Kier alpha value is -0.800. The molecule has 1 saturated heterocycles. The molecule has 3 heteroatoms. The number of rotatable bonds is 3. The van der Waals surface area contributed by atoms with Gasteiger partial charge in [-0.3, -0.25) is 4.90 Å². The lowest BCUT2D eigenvalue weighted by Gasteiger charge is -2.31. The third-order valence-electron chi connectivity index (χ3n) is 3.91. The van der Waals surface area contributed by atoms with Crippen LogP contribution in [-0.4, -0.2) is 31.1 Å². The fourth-order valence-electron chi connectivity index (χ4n) is 2.60. The Labute approximate surface area is 104 Å². The SMILES string of the molecule is Cc1ccc(C(C)N(C)C2CCCNCC2)o1. The highest BCUT2D eigenvalue weighted by Crippen LogP contribution is 2.25. The van der Waals surface area contributed by atoms with Crippen molar-refractivity contribution in [2.75, 3.05) is 20.1 Å². The zero-order valence-corrected chi connectivity index (χ0v) is 11.2. The van der Waals surface area contributed by atoms with E-state index in [2.05, 4.69) is 30.3 Å². The van der Waals surface area contributed by atoms with Crippen molar-refractivity contribution in [2.45, 2.75) is 45.2 Å². The van der Waals surface area contributed by atoms with Gasteiger partial charge in [-0.15, -0.1) is 0 Å². The molecule has 0 bridgehead atoms. The van der Waals surface area contributed by atoms with Crippen LogP contribution in [0.2, 0.25) is 0 Å². The molecule has 2 unspecified atom stereocenters. The van der Waals surface area contributed by atoms with E-state index in [1.54, 1.807) is 0 Å². The largest absolute Gasteiger partial charge is 0.465 e. The van der Waals surface area contributed by atoms with Crippen LogP contribution in [0.5, 0.6) is 0 Å². The lowest BCUT2D eigenvalue weighted by atomic mass is 10.1. The topological polar surface area (TPSA) is 28.4 Å². The Morgan fingerprint density at radius 3 is 2.88 bits per heavy atom. The van der Waals surface area contributed by atoms with Crippen molar-refractivity contribution in [3.63, 3.8) is 0 Å². The van der Waals surface area contributed by atoms with Crippen LogP contribution >= 0.6 is 0 Å². The van der Waals surface area contributed by atoms with E-state index < -0.39 is 0 Å². The van der Waals surface area contributed by atoms with E-state index in [4.69, 9.17) is 4.42 Å². The molecule has 0 spiro atoms. The lowest BCUT2D eigenvalue weighted by Crippen LogP contribution is -2.34. The Kier molecular flexibility index (Phi) is 4.24. The van der Waals surface area contributed by atoms with Crippen LogP contribution in [0, 0.1) is 6.92 Å². The summed E-state index contributed by atoms with van der Waals surface area (Å²) in [5, 5.41) is 3.46. The van der Waals surface area contributed by atoms with Gasteiger partial charge in [0.05, 0.1) is 6.04 Å². The summed E-state index contributed by atoms with van der Waals surface area (Å²) in [6.07, 6.45) is 3.80. The first kappa shape index (κ1) is 12.7. The second kappa shape index (κ2) is 5.69. The minimum atomic E-state index is 0.367. The van der Waals surface area contributed by atoms with E-state index in [-0.39, 0.29) is 0 Å². The van der Waals surface area contributed by atoms with Crippen LogP contribution in [0.15, 0.2) is 16.5 Å². The minimum absolute atomic E-state index is 0.367. The Morgan fingerprint density at radius 1 is 1.35 bits per heavy atom. The summed E-state index contributed by atoms with van der Waals surface area (Å²) in [5.74, 6) is 2.09. The first-order valence-corrected chi connectivity index (χ1v) is 6.67. The molecule has 96 valence electrons. The third kappa shape index (κ3) is 3.11. The Balaban J connectivity index is 2.00. The summed E-state index contributed by atoms with van der Waals surface area (Å²) in [5.41, 5.74) is 0. The molecule has 1 aliphatic heterocycles. The van der Waals surface area contributed by atoms with Gasteiger partial charge in [0, 0.05) is 6.04 Å². The van der Waals surface area contributed by atoms with Gasteiger partial charge in [-0.05, 0) is 65.4 Å². The molecule has 1 fully saturated rings. The van der Waals surface area contributed by atoms with Gasteiger partial charge in [0.2, 0.25) is 0 Å². The number of hydrogen-bond acceptors (Lipinski definition) is 3. The first-order valence-electron chi connectivity index (χ1n) is 6.67. The Bertz CT molecular complexity index is 340. The highest BCUT2D eigenvalue weighted by Gasteiger charge is 2.23. The minimum Gasteiger partial charge on any atom is -0.465 e. The maximum absolute atomic E-state index is 5.73. The molecular weight excluding hydrogens is 212 g/mol. The summed E-state index contributed by atoms with van der Waals surface area (Å²) in [6, 6.07) is 5.19. The van der Waals surface area contributed by atoms with Gasteiger partial charge in [0.1, 0.15) is 11.5 Å². The summed E-state index contributed by atoms with van der Waals surface area (Å²) in [4.78, 5) is 2.46. The molecule has 17 heavy (non-hydrogen) atoms. The van der Waals surface area contributed by atoms with Gasteiger partial charge in [-0.1, -0.05) is 0 Å². The number of furan rings is 1. The zero-order chi connectivity index (χ0) is 12.3.